The van der Waals surface area contributed by atoms with E-state index in [1.807, 2.05) is 4.90 Å². The normalized spacial score (nSPS) is 23.2. The van der Waals surface area contributed by atoms with Gasteiger partial charge in [0.2, 0.25) is 0 Å². The van der Waals surface area contributed by atoms with Crippen LogP contribution in [0.25, 0.3) is 0 Å². The highest BCUT2D eigenvalue weighted by Crippen LogP contribution is 2.43. The average Bonchev–Trinajstić information content (AvgIpc) is 2.99. The van der Waals surface area contributed by atoms with E-state index >= 15 is 0 Å². The summed E-state index contributed by atoms with van der Waals surface area (Å²) in [6.07, 6.45) is 11.0. The first-order chi connectivity index (χ1) is 8.29. The van der Waals surface area contributed by atoms with Gasteiger partial charge < -0.3 is 9.32 Å². The first kappa shape index (κ1) is 10.9. The molecule has 1 saturated heterocycles. The second-order valence-corrected chi connectivity index (χ2v) is 5.55. The van der Waals surface area contributed by atoms with Crippen LogP contribution in [0.15, 0.2) is 23.0 Å². The lowest BCUT2D eigenvalue weighted by molar-refractivity contribution is 0.0758. The molecule has 3 nitrogen and oxygen atoms in total. The summed E-state index contributed by atoms with van der Waals surface area (Å²) in [7, 11) is 0. The topological polar surface area (TPSA) is 33.5 Å². The van der Waals surface area contributed by atoms with Gasteiger partial charge in [-0.05, 0) is 30.7 Å². The van der Waals surface area contributed by atoms with Gasteiger partial charge in [-0.15, -0.1) is 0 Å². The van der Waals surface area contributed by atoms with E-state index in [0.717, 1.165) is 13.1 Å². The number of likely N-dealkylation sites (tertiary alicyclic amines) is 1. The SMILES string of the molecule is O=C(c1ccoc1)N1CCC2(CCCCC2)C1. The van der Waals surface area contributed by atoms with Crippen LogP contribution in [0, 0.1) is 5.41 Å². The van der Waals surface area contributed by atoms with Gasteiger partial charge in [0.1, 0.15) is 6.26 Å². The minimum atomic E-state index is 0.140. The van der Waals surface area contributed by atoms with Crippen molar-refractivity contribution < 1.29 is 9.21 Å². The molecule has 1 amide bonds. The number of carbonyl (C=O) groups is 1. The molecule has 3 heteroatoms. The molecular formula is C14H19NO2. The van der Waals surface area contributed by atoms with Gasteiger partial charge in [-0.25, -0.2) is 0 Å². The zero-order valence-corrected chi connectivity index (χ0v) is 10.2. The lowest BCUT2D eigenvalue weighted by Gasteiger charge is -2.33. The molecule has 0 unspecified atom stereocenters. The minimum Gasteiger partial charge on any atom is -0.472 e. The molecule has 1 aromatic rings. The smallest absolute Gasteiger partial charge is 0.257 e. The maximum absolute atomic E-state index is 12.2. The summed E-state index contributed by atoms with van der Waals surface area (Å²) in [4.78, 5) is 14.2. The Morgan fingerprint density at radius 3 is 2.76 bits per heavy atom. The molecule has 0 aromatic carbocycles. The molecule has 2 fully saturated rings. The highest BCUT2D eigenvalue weighted by atomic mass is 16.3. The maximum atomic E-state index is 12.2. The van der Waals surface area contributed by atoms with Crippen molar-refractivity contribution in [2.45, 2.75) is 38.5 Å². The third-order valence-corrected chi connectivity index (χ3v) is 4.41. The molecular weight excluding hydrogens is 214 g/mol. The molecule has 1 aliphatic heterocycles. The molecule has 2 heterocycles. The van der Waals surface area contributed by atoms with Crippen molar-refractivity contribution >= 4 is 5.91 Å². The predicted molar refractivity (Wildman–Crippen MR) is 64.7 cm³/mol. The summed E-state index contributed by atoms with van der Waals surface area (Å²) in [5, 5.41) is 0. The van der Waals surface area contributed by atoms with Crippen LogP contribution in [0.3, 0.4) is 0 Å². The number of hydrogen-bond acceptors (Lipinski definition) is 2. The quantitative estimate of drug-likeness (QED) is 0.747. The number of hydrogen-bond donors (Lipinski definition) is 0. The largest absolute Gasteiger partial charge is 0.472 e. The summed E-state index contributed by atoms with van der Waals surface area (Å²) in [6, 6.07) is 1.76. The van der Waals surface area contributed by atoms with Crippen LogP contribution in [-0.2, 0) is 0 Å². The molecule has 92 valence electrons. The van der Waals surface area contributed by atoms with Crippen LogP contribution in [0.4, 0.5) is 0 Å². The van der Waals surface area contributed by atoms with Crippen LogP contribution >= 0.6 is 0 Å². The Bertz CT molecular complexity index is 390. The first-order valence-electron chi connectivity index (χ1n) is 6.61. The Hall–Kier alpha value is -1.25. The van der Waals surface area contributed by atoms with Gasteiger partial charge in [-0.1, -0.05) is 19.3 Å². The summed E-state index contributed by atoms with van der Waals surface area (Å²) < 4.78 is 4.98. The third-order valence-electron chi connectivity index (χ3n) is 4.41. The summed E-state index contributed by atoms with van der Waals surface area (Å²) >= 11 is 0. The van der Waals surface area contributed by atoms with Crippen LogP contribution in [-0.4, -0.2) is 23.9 Å². The zero-order chi connectivity index (χ0) is 11.7. The molecule has 0 bridgehead atoms. The van der Waals surface area contributed by atoms with E-state index in [9.17, 15) is 4.79 Å². The van der Waals surface area contributed by atoms with Gasteiger partial charge in [-0.2, -0.15) is 0 Å². The number of nitrogens with zero attached hydrogens (tertiary/aromatic N) is 1. The summed E-state index contributed by atoms with van der Waals surface area (Å²) in [6.45, 7) is 1.88. The molecule has 0 atom stereocenters. The average molecular weight is 233 g/mol. The summed E-state index contributed by atoms with van der Waals surface area (Å²) in [5.74, 6) is 0.140. The number of furan rings is 1. The predicted octanol–water partition coefficient (Wildman–Crippen LogP) is 3.08. The van der Waals surface area contributed by atoms with Crippen molar-refractivity contribution in [3.05, 3.63) is 24.2 Å². The van der Waals surface area contributed by atoms with Crippen molar-refractivity contribution in [3.63, 3.8) is 0 Å². The Balaban J connectivity index is 1.69. The van der Waals surface area contributed by atoms with E-state index in [-0.39, 0.29) is 5.91 Å². The molecule has 17 heavy (non-hydrogen) atoms. The van der Waals surface area contributed by atoms with Crippen molar-refractivity contribution in [2.75, 3.05) is 13.1 Å². The van der Waals surface area contributed by atoms with Crippen LogP contribution in [0.5, 0.6) is 0 Å². The fraction of sp³-hybridized carbons (Fsp3) is 0.643. The van der Waals surface area contributed by atoms with Crippen LogP contribution in [0.1, 0.15) is 48.9 Å². The molecule has 0 N–H and O–H groups in total. The van der Waals surface area contributed by atoms with Gasteiger partial charge in [-0.3, -0.25) is 4.79 Å². The lowest BCUT2D eigenvalue weighted by Crippen LogP contribution is -2.33. The minimum absolute atomic E-state index is 0.140. The Labute approximate surface area is 102 Å². The third kappa shape index (κ3) is 1.99. The fourth-order valence-electron chi connectivity index (χ4n) is 3.39. The molecule has 1 saturated carbocycles. The van der Waals surface area contributed by atoms with E-state index in [2.05, 4.69) is 0 Å². The number of rotatable bonds is 1. The Morgan fingerprint density at radius 2 is 2.06 bits per heavy atom. The van der Waals surface area contributed by atoms with E-state index in [0.29, 0.717) is 11.0 Å². The van der Waals surface area contributed by atoms with E-state index in [1.54, 1.807) is 18.6 Å². The van der Waals surface area contributed by atoms with E-state index in [1.165, 1.54) is 38.5 Å². The second kappa shape index (κ2) is 4.21. The molecule has 1 spiro atoms. The highest BCUT2D eigenvalue weighted by Gasteiger charge is 2.40. The molecule has 1 aromatic heterocycles. The van der Waals surface area contributed by atoms with Crippen molar-refractivity contribution in [2.24, 2.45) is 5.41 Å². The standard InChI is InChI=1S/C14H19NO2/c16-13(12-4-9-17-10-12)15-8-7-14(11-15)5-2-1-3-6-14/h4,9-10H,1-3,5-8,11H2. The van der Waals surface area contributed by atoms with Crippen molar-refractivity contribution in [1.29, 1.82) is 0 Å². The van der Waals surface area contributed by atoms with Crippen molar-refractivity contribution in [1.82, 2.24) is 4.90 Å². The number of carbonyl (C=O) groups excluding carboxylic acids is 1. The van der Waals surface area contributed by atoms with Crippen LogP contribution in [0.2, 0.25) is 0 Å². The molecule has 1 aliphatic carbocycles. The van der Waals surface area contributed by atoms with E-state index in [4.69, 9.17) is 4.42 Å². The molecule has 0 radical (unpaired) electrons. The van der Waals surface area contributed by atoms with Gasteiger partial charge in [0, 0.05) is 13.1 Å². The van der Waals surface area contributed by atoms with E-state index < -0.39 is 0 Å². The van der Waals surface area contributed by atoms with Gasteiger partial charge in [0.05, 0.1) is 11.8 Å². The maximum Gasteiger partial charge on any atom is 0.257 e. The second-order valence-electron chi connectivity index (χ2n) is 5.55. The molecule has 2 aliphatic rings. The molecule has 3 rings (SSSR count). The van der Waals surface area contributed by atoms with Gasteiger partial charge in [0.15, 0.2) is 0 Å². The lowest BCUT2D eigenvalue weighted by atomic mass is 9.73. The van der Waals surface area contributed by atoms with Gasteiger partial charge in [0.25, 0.3) is 5.91 Å². The highest BCUT2D eigenvalue weighted by molar-refractivity contribution is 5.94. The van der Waals surface area contributed by atoms with Gasteiger partial charge >= 0.3 is 0 Å². The monoisotopic (exact) mass is 233 g/mol. The first-order valence-corrected chi connectivity index (χ1v) is 6.61. The summed E-state index contributed by atoms with van der Waals surface area (Å²) in [5.41, 5.74) is 1.13. The van der Waals surface area contributed by atoms with Crippen molar-refractivity contribution in [3.8, 4) is 0 Å². The zero-order valence-electron chi connectivity index (χ0n) is 10.2. The number of amides is 1. The Morgan fingerprint density at radius 1 is 1.24 bits per heavy atom. The fourth-order valence-corrected chi connectivity index (χ4v) is 3.39. The van der Waals surface area contributed by atoms with Crippen LogP contribution < -0.4 is 0 Å². The Kier molecular flexibility index (Phi) is 2.69.